The standard InChI is InChI=1S/C13H18N2O2/c1-3-5-9(8-14)13-15-12-10(16-2)6-4-7-11(12)17-13/h4,6-7,9H,3,5,8,14H2,1-2H3. The van der Waals surface area contributed by atoms with Gasteiger partial charge in [0.15, 0.2) is 17.0 Å². The summed E-state index contributed by atoms with van der Waals surface area (Å²) in [6.45, 7) is 2.69. The molecule has 1 aromatic heterocycles. The zero-order chi connectivity index (χ0) is 12.3. The molecule has 0 radical (unpaired) electrons. The Morgan fingerprint density at radius 1 is 1.47 bits per heavy atom. The Morgan fingerprint density at radius 2 is 2.29 bits per heavy atom. The van der Waals surface area contributed by atoms with E-state index in [0.717, 1.165) is 29.7 Å². The molecule has 2 N–H and O–H groups in total. The van der Waals surface area contributed by atoms with Crippen LogP contribution in [0.1, 0.15) is 31.6 Å². The zero-order valence-corrected chi connectivity index (χ0v) is 10.3. The second kappa shape index (κ2) is 5.19. The van der Waals surface area contributed by atoms with Gasteiger partial charge >= 0.3 is 0 Å². The number of benzene rings is 1. The lowest BCUT2D eigenvalue weighted by Crippen LogP contribution is -2.12. The summed E-state index contributed by atoms with van der Waals surface area (Å²) in [5.41, 5.74) is 7.29. The normalized spacial score (nSPS) is 12.9. The number of hydrogen-bond acceptors (Lipinski definition) is 4. The second-order valence-corrected chi connectivity index (χ2v) is 4.08. The molecule has 0 saturated carbocycles. The highest BCUT2D eigenvalue weighted by Gasteiger charge is 2.17. The number of methoxy groups -OCH3 is 1. The van der Waals surface area contributed by atoms with Crippen molar-refractivity contribution in [3.05, 3.63) is 24.1 Å². The van der Waals surface area contributed by atoms with Crippen LogP contribution in [0.5, 0.6) is 5.75 Å². The van der Waals surface area contributed by atoms with Crippen LogP contribution in [0.15, 0.2) is 22.6 Å². The van der Waals surface area contributed by atoms with Crippen molar-refractivity contribution in [1.82, 2.24) is 4.98 Å². The maximum Gasteiger partial charge on any atom is 0.200 e. The Hall–Kier alpha value is -1.55. The molecule has 2 aromatic rings. The van der Waals surface area contributed by atoms with E-state index in [4.69, 9.17) is 14.9 Å². The van der Waals surface area contributed by atoms with Gasteiger partial charge in [-0.2, -0.15) is 0 Å². The lowest BCUT2D eigenvalue weighted by Gasteiger charge is -2.07. The van der Waals surface area contributed by atoms with Crippen LogP contribution in [0.3, 0.4) is 0 Å². The minimum atomic E-state index is 0.192. The Balaban J connectivity index is 2.43. The molecular weight excluding hydrogens is 216 g/mol. The fourth-order valence-corrected chi connectivity index (χ4v) is 1.97. The fraction of sp³-hybridized carbons (Fsp3) is 0.462. The van der Waals surface area contributed by atoms with Crippen LogP contribution >= 0.6 is 0 Å². The summed E-state index contributed by atoms with van der Waals surface area (Å²) in [6, 6.07) is 5.67. The predicted molar refractivity (Wildman–Crippen MR) is 67.3 cm³/mol. The maximum atomic E-state index is 5.75. The average Bonchev–Trinajstić information content (AvgIpc) is 2.79. The van der Waals surface area contributed by atoms with E-state index < -0.39 is 0 Å². The largest absolute Gasteiger partial charge is 0.494 e. The van der Waals surface area contributed by atoms with Gasteiger partial charge in [0.25, 0.3) is 0 Å². The molecule has 1 aromatic carbocycles. The van der Waals surface area contributed by atoms with Gasteiger partial charge in [-0.25, -0.2) is 4.98 Å². The third-order valence-corrected chi connectivity index (χ3v) is 2.89. The van der Waals surface area contributed by atoms with E-state index in [0.29, 0.717) is 12.4 Å². The van der Waals surface area contributed by atoms with E-state index in [-0.39, 0.29) is 5.92 Å². The number of rotatable bonds is 5. The SMILES string of the molecule is CCCC(CN)c1nc2c(OC)cccc2o1. The van der Waals surface area contributed by atoms with Gasteiger partial charge in [0.2, 0.25) is 0 Å². The Morgan fingerprint density at radius 3 is 2.94 bits per heavy atom. The number of nitrogens with zero attached hydrogens (tertiary/aromatic N) is 1. The van der Waals surface area contributed by atoms with Crippen molar-refractivity contribution in [2.75, 3.05) is 13.7 Å². The molecular formula is C13H18N2O2. The van der Waals surface area contributed by atoms with Gasteiger partial charge in [0.05, 0.1) is 7.11 Å². The molecule has 0 bridgehead atoms. The maximum absolute atomic E-state index is 5.75. The van der Waals surface area contributed by atoms with Crippen LogP contribution < -0.4 is 10.5 Å². The predicted octanol–water partition coefficient (Wildman–Crippen LogP) is 2.68. The summed E-state index contributed by atoms with van der Waals surface area (Å²) >= 11 is 0. The average molecular weight is 234 g/mol. The van der Waals surface area contributed by atoms with Crippen LogP contribution in [-0.2, 0) is 0 Å². The number of para-hydroxylation sites is 1. The first-order valence-electron chi connectivity index (χ1n) is 5.93. The number of nitrogens with two attached hydrogens (primary N) is 1. The molecule has 4 nitrogen and oxygen atoms in total. The molecule has 0 saturated heterocycles. The van der Waals surface area contributed by atoms with Crippen LogP contribution in [0, 0.1) is 0 Å². The highest BCUT2D eigenvalue weighted by Crippen LogP contribution is 2.29. The molecule has 0 aliphatic rings. The summed E-state index contributed by atoms with van der Waals surface area (Å²) in [5.74, 6) is 1.65. The highest BCUT2D eigenvalue weighted by atomic mass is 16.5. The van der Waals surface area contributed by atoms with E-state index >= 15 is 0 Å². The first kappa shape index (κ1) is 11.9. The van der Waals surface area contributed by atoms with Gasteiger partial charge < -0.3 is 14.9 Å². The van der Waals surface area contributed by atoms with Gasteiger partial charge in [-0.05, 0) is 18.6 Å². The minimum Gasteiger partial charge on any atom is -0.494 e. The van der Waals surface area contributed by atoms with Crippen molar-refractivity contribution in [2.45, 2.75) is 25.7 Å². The molecule has 0 spiro atoms. The van der Waals surface area contributed by atoms with E-state index in [2.05, 4.69) is 11.9 Å². The fourth-order valence-electron chi connectivity index (χ4n) is 1.97. The third-order valence-electron chi connectivity index (χ3n) is 2.89. The summed E-state index contributed by atoms with van der Waals surface area (Å²) in [6.07, 6.45) is 2.06. The number of oxazole rings is 1. The zero-order valence-electron chi connectivity index (χ0n) is 10.3. The van der Waals surface area contributed by atoms with Crippen LogP contribution in [0.25, 0.3) is 11.1 Å². The van der Waals surface area contributed by atoms with E-state index in [1.165, 1.54) is 0 Å². The molecule has 1 unspecified atom stereocenters. The molecule has 17 heavy (non-hydrogen) atoms. The van der Waals surface area contributed by atoms with Crippen LogP contribution in [0.4, 0.5) is 0 Å². The van der Waals surface area contributed by atoms with Crippen LogP contribution in [-0.4, -0.2) is 18.6 Å². The molecule has 2 rings (SSSR count). The minimum absolute atomic E-state index is 0.192. The number of hydrogen-bond donors (Lipinski definition) is 1. The monoisotopic (exact) mass is 234 g/mol. The van der Waals surface area contributed by atoms with Crippen molar-refractivity contribution in [3.63, 3.8) is 0 Å². The first-order chi connectivity index (χ1) is 8.30. The number of fused-ring (bicyclic) bond motifs is 1. The first-order valence-corrected chi connectivity index (χ1v) is 5.93. The Labute approximate surface area is 101 Å². The quantitative estimate of drug-likeness (QED) is 0.864. The van der Waals surface area contributed by atoms with Crippen molar-refractivity contribution in [3.8, 4) is 5.75 Å². The molecule has 92 valence electrons. The van der Waals surface area contributed by atoms with Crippen molar-refractivity contribution >= 4 is 11.1 Å². The summed E-state index contributed by atoms with van der Waals surface area (Å²) in [7, 11) is 1.63. The van der Waals surface area contributed by atoms with Crippen molar-refractivity contribution < 1.29 is 9.15 Å². The molecule has 1 atom stereocenters. The molecule has 0 aliphatic heterocycles. The Kier molecular flexibility index (Phi) is 3.64. The van der Waals surface area contributed by atoms with Gasteiger partial charge in [-0.1, -0.05) is 19.4 Å². The molecule has 4 heteroatoms. The molecule has 0 amide bonds. The van der Waals surface area contributed by atoms with E-state index in [1.807, 2.05) is 18.2 Å². The summed E-state index contributed by atoms with van der Waals surface area (Å²) in [4.78, 5) is 4.50. The van der Waals surface area contributed by atoms with Gasteiger partial charge in [0, 0.05) is 12.5 Å². The summed E-state index contributed by atoms with van der Waals surface area (Å²) in [5, 5.41) is 0. The highest BCUT2D eigenvalue weighted by molar-refractivity contribution is 5.79. The molecule has 0 fully saturated rings. The van der Waals surface area contributed by atoms with Gasteiger partial charge in [0.1, 0.15) is 5.75 Å². The van der Waals surface area contributed by atoms with Crippen LogP contribution in [0.2, 0.25) is 0 Å². The van der Waals surface area contributed by atoms with E-state index in [1.54, 1.807) is 7.11 Å². The third kappa shape index (κ3) is 2.26. The molecule has 0 aliphatic carbocycles. The van der Waals surface area contributed by atoms with E-state index in [9.17, 15) is 0 Å². The van der Waals surface area contributed by atoms with Crippen molar-refractivity contribution in [2.24, 2.45) is 5.73 Å². The Bertz CT molecular complexity index is 493. The topological polar surface area (TPSA) is 61.3 Å². The molecule has 1 heterocycles. The second-order valence-electron chi connectivity index (χ2n) is 4.08. The number of ether oxygens (including phenoxy) is 1. The van der Waals surface area contributed by atoms with Gasteiger partial charge in [-0.15, -0.1) is 0 Å². The van der Waals surface area contributed by atoms with Gasteiger partial charge in [-0.3, -0.25) is 0 Å². The number of aromatic nitrogens is 1. The van der Waals surface area contributed by atoms with Crippen molar-refractivity contribution in [1.29, 1.82) is 0 Å². The lowest BCUT2D eigenvalue weighted by atomic mass is 10.0. The lowest BCUT2D eigenvalue weighted by molar-refractivity contribution is 0.419. The summed E-state index contributed by atoms with van der Waals surface area (Å²) < 4.78 is 11.0. The smallest absolute Gasteiger partial charge is 0.200 e.